The normalized spacial score (nSPS) is 10.1. The zero-order valence-electron chi connectivity index (χ0n) is 12.3. The van der Waals surface area contributed by atoms with Crippen LogP contribution < -0.4 is 9.92 Å². The van der Waals surface area contributed by atoms with Crippen molar-refractivity contribution >= 4 is 29.9 Å². The quantitative estimate of drug-likeness (QED) is 0.459. The van der Waals surface area contributed by atoms with Crippen LogP contribution >= 0.6 is 15.9 Å². The minimum atomic E-state index is -0.373. The lowest BCUT2D eigenvalue weighted by Crippen LogP contribution is -2.21. The van der Waals surface area contributed by atoms with Gasteiger partial charge < -0.3 is 4.74 Å². The Kier molecular flexibility index (Phi) is 6.10. The first kappa shape index (κ1) is 15.9. The standard InChI is InChI=1S/C18H18BrOSi/c1-21(2)18-11-7-16(8-12-18)4-3-15-5-9-17(10-6-15)20-14-13-19/h5-12H,13-14H2,1-2H3. The summed E-state index contributed by atoms with van der Waals surface area (Å²) in [4.78, 5) is 0. The number of ether oxygens (including phenoxy) is 1. The van der Waals surface area contributed by atoms with Gasteiger partial charge in [0.2, 0.25) is 0 Å². The maximum Gasteiger partial charge on any atom is 0.119 e. The molecular formula is C18H18BrOSi. The molecule has 2 aromatic rings. The largest absolute Gasteiger partial charge is 0.493 e. The van der Waals surface area contributed by atoms with Crippen molar-refractivity contribution in [3.05, 3.63) is 59.7 Å². The van der Waals surface area contributed by atoms with E-state index in [-0.39, 0.29) is 8.80 Å². The fourth-order valence-electron chi connectivity index (χ4n) is 1.82. The summed E-state index contributed by atoms with van der Waals surface area (Å²) < 4.78 is 5.52. The second-order valence-electron chi connectivity index (χ2n) is 4.89. The molecule has 0 aromatic heterocycles. The summed E-state index contributed by atoms with van der Waals surface area (Å²) in [5.41, 5.74) is 2.06. The molecular weight excluding hydrogens is 340 g/mol. The molecule has 2 aromatic carbocycles. The minimum Gasteiger partial charge on any atom is -0.493 e. The number of halogens is 1. The molecule has 0 heterocycles. The molecule has 0 amide bonds. The summed E-state index contributed by atoms with van der Waals surface area (Å²) in [6.45, 7) is 5.27. The maximum absolute atomic E-state index is 5.52. The van der Waals surface area contributed by atoms with Crippen LogP contribution in [0.5, 0.6) is 5.75 Å². The molecule has 0 bridgehead atoms. The highest BCUT2D eigenvalue weighted by atomic mass is 79.9. The summed E-state index contributed by atoms with van der Waals surface area (Å²) >= 11 is 3.34. The Labute approximate surface area is 137 Å². The van der Waals surface area contributed by atoms with E-state index in [1.54, 1.807) is 0 Å². The first-order valence-electron chi connectivity index (χ1n) is 6.90. The van der Waals surface area contributed by atoms with E-state index in [1.165, 1.54) is 5.19 Å². The van der Waals surface area contributed by atoms with Crippen molar-refractivity contribution in [1.82, 2.24) is 0 Å². The van der Waals surface area contributed by atoms with Gasteiger partial charge in [-0.2, -0.15) is 0 Å². The zero-order chi connectivity index (χ0) is 15.1. The first-order valence-corrected chi connectivity index (χ1v) is 10.5. The highest BCUT2D eigenvalue weighted by Crippen LogP contribution is 2.11. The fraction of sp³-hybridized carbons (Fsp3) is 0.222. The van der Waals surface area contributed by atoms with Crippen molar-refractivity contribution in [1.29, 1.82) is 0 Å². The first-order chi connectivity index (χ1) is 10.2. The van der Waals surface area contributed by atoms with E-state index in [1.807, 2.05) is 24.3 Å². The number of alkyl halides is 1. The fourth-order valence-corrected chi connectivity index (χ4v) is 2.82. The molecule has 0 saturated heterocycles. The van der Waals surface area contributed by atoms with Crippen LogP contribution in [0, 0.1) is 11.8 Å². The molecule has 0 aliphatic rings. The van der Waals surface area contributed by atoms with Crippen LogP contribution in [0.3, 0.4) is 0 Å². The van der Waals surface area contributed by atoms with Gasteiger partial charge in [-0.1, -0.05) is 58.2 Å². The summed E-state index contributed by atoms with van der Waals surface area (Å²) in [6.07, 6.45) is 0. The van der Waals surface area contributed by atoms with Gasteiger partial charge in [0.1, 0.15) is 5.75 Å². The third-order valence-corrected chi connectivity index (χ3v) is 4.83. The van der Waals surface area contributed by atoms with Crippen molar-refractivity contribution < 1.29 is 4.74 Å². The van der Waals surface area contributed by atoms with Crippen molar-refractivity contribution in [2.45, 2.75) is 13.1 Å². The second kappa shape index (κ2) is 8.07. The van der Waals surface area contributed by atoms with Gasteiger partial charge in [0.25, 0.3) is 0 Å². The molecule has 0 aliphatic heterocycles. The Morgan fingerprint density at radius 2 is 1.43 bits per heavy atom. The molecule has 107 valence electrons. The van der Waals surface area contributed by atoms with Gasteiger partial charge in [-0.05, 0) is 36.4 Å². The lowest BCUT2D eigenvalue weighted by molar-refractivity contribution is 0.345. The van der Waals surface area contributed by atoms with Gasteiger partial charge >= 0.3 is 0 Å². The van der Waals surface area contributed by atoms with Crippen LogP contribution in [0.15, 0.2) is 48.5 Å². The lowest BCUT2D eigenvalue weighted by atomic mass is 10.2. The molecule has 0 saturated carbocycles. The van der Waals surface area contributed by atoms with Crippen LogP contribution in [-0.4, -0.2) is 20.7 Å². The zero-order valence-corrected chi connectivity index (χ0v) is 14.9. The Bertz CT molecular complexity index is 621. The van der Waals surface area contributed by atoms with E-state index in [9.17, 15) is 0 Å². The summed E-state index contributed by atoms with van der Waals surface area (Å²) in [5.74, 6) is 7.27. The van der Waals surface area contributed by atoms with Gasteiger partial charge in [-0.15, -0.1) is 0 Å². The van der Waals surface area contributed by atoms with Gasteiger partial charge in [0.15, 0.2) is 0 Å². The SMILES string of the molecule is C[Si](C)c1ccc(C#Cc2ccc(OCCBr)cc2)cc1. The second-order valence-corrected chi connectivity index (χ2v) is 8.26. The lowest BCUT2D eigenvalue weighted by Gasteiger charge is -2.03. The average Bonchev–Trinajstić information content (AvgIpc) is 2.52. The Morgan fingerprint density at radius 1 is 0.905 bits per heavy atom. The molecule has 21 heavy (non-hydrogen) atoms. The molecule has 1 radical (unpaired) electrons. The number of hydrogen-bond acceptors (Lipinski definition) is 1. The predicted molar refractivity (Wildman–Crippen MR) is 95.3 cm³/mol. The topological polar surface area (TPSA) is 9.23 Å². The van der Waals surface area contributed by atoms with Crippen molar-refractivity contribution in [3.8, 4) is 17.6 Å². The Hall–Kier alpha value is -1.50. The van der Waals surface area contributed by atoms with E-state index >= 15 is 0 Å². The van der Waals surface area contributed by atoms with Crippen LogP contribution in [0.25, 0.3) is 0 Å². The molecule has 0 aliphatic carbocycles. The molecule has 2 rings (SSSR count). The third-order valence-electron chi connectivity index (χ3n) is 3.01. The van der Waals surface area contributed by atoms with E-state index in [0.29, 0.717) is 6.61 Å². The van der Waals surface area contributed by atoms with E-state index in [2.05, 4.69) is 65.1 Å². The number of rotatable bonds is 4. The predicted octanol–water partition coefficient (Wildman–Crippen LogP) is 3.82. The third kappa shape index (κ3) is 5.07. The molecule has 0 spiro atoms. The minimum absolute atomic E-state index is 0.373. The Balaban J connectivity index is 2.04. The van der Waals surface area contributed by atoms with Gasteiger partial charge in [0, 0.05) is 16.5 Å². The Morgan fingerprint density at radius 3 is 1.90 bits per heavy atom. The molecule has 0 N–H and O–H groups in total. The van der Waals surface area contributed by atoms with Crippen LogP contribution in [0.1, 0.15) is 11.1 Å². The van der Waals surface area contributed by atoms with Crippen molar-refractivity contribution in [2.75, 3.05) is 11.9 Å². The van der Waals surface area contributed by atoms with E-state index in [4.69, 9.17) is 4.74 Å². The van der Waals surface area contributed by atoms with Crippen molar-refractivity contribution in [2.24, 2.45) is 0 Å². The highest BCUT2D eigenvalue weighted by Gasteiger charge is 1.99. The van der Waals surface area contributed by atoms with Gasteiger partial charge in [-0.3, -0.25) is 0 Å². The molecule has 1 nitrogen and oxygen atoms in total. The molecule has 3 heteroatoms. The summed E-state index contributed by atoms with van der Waals surface area (Å²) in [6, 6.07) is 16.5. The van der Waals surface area contributed by atoms with Crippen LogP contribution in [-0.2, 0) is 0 Å². The molecule has 0 atom stereocenters. The highest BCUT2D eigenvalue weighted by molar-refractivity contribution is 9.09. The van der Waals surface area contributed by atoms with Crippen molar-refractivity contribution in [3.63, 3.8) is 0 Å². The van der Waals surface area contributed by atoms with Crippen LogP contribution in [0.2, 0.25) is 13.1 Å². The number of benzene rings is 2. The molecule has 0 unspecified atom stereocenters. The van der Waals surface area contributed by atoms with Gasteiger partial charge in [-0.25, -0.2) is 0 Å². The average molecular weight is 358 g/mol. The summed E-state index contributed by atoms with van der Waals surface area (Å²) in [7, 11) is -0.373. The maximum atomic E-state index is 5.52. The number of hydrogen-bond donors (Lipinski definition) is 0. The summed E-state index contributed by atoms with van der Waals surface area (Å²) in [5, 5.41) is 2.28. The van der Waals surface area contributed by atoms with Gasteiger partial charge in [0.05, 0.1) is 15.4 Å². The van der Waals surface area contributed by atoms with Crippen LogP contribution in [0.4, 0.5) is 0 Å². The van der Waals surface area contributed by atoms with E-state index < -0.39 is 0 Å². The van der Waals surface area contributed by atoms with E-state index in [0.717, 1.165) is 22.2 Å². The molecule has 0 fully saturated rings. The smallest absolute Gasteiger partial charge is 0.119 e. The monoisotopic (exact) mass is 357 g/mol.